The molecule has 5 nitrogen and oxygen atoms in total. The number of rotatable bonds is 3. The van der Waals surface area contributed by atoms with Crippen LogP contribution in [0.3, 0.4) is 0 Å². The summed E-state index contributed by atoms with van der Waals surface area (Å²) in [5.41, 5.74) is 1.46. The van der Waals surface area contributed by atoms with Crippen molar-refractivity contribution < 1.29 is 14.3 Å². The molecule has 0 aliphatic carbocycles. The lowest BCUT2D eigenvalue weighted by Gasteiger charge is -2.32. The SMILES string of the molecule is CCN1CCC(NC(=O)C2Cc3ccccc3C(=O)O2)CC1. The average Bonchev–Trinajstić information content (AvgIpc) is 2.55. The first-order valence-corrected chi connectivity index (χ1v) is 7.99. The van der Waals surface area contributed by atoms with Gasteiger partial charge in [-0.05, 0) is 31.0 Å². The van der Waals surface area contributed by atoms with E-state index in [-0.39, 0.29) is 11.9 Å². The normalized spacial score (nSPS) is 22.8. The van der Waals surface area contributed by atoms with Gasteiger partial charge in [0, 0.05) is 25.6 Å². The summed E-state index contributed by atoms with van der Waals surface area (Å²) < 4.78 is 5.30. The molecular formula is C17H22N2O3. The Labute approximate surface area is 130 Å². The van der Waals surface area contributed by atoms with Gasteiger partial charge >= 0.3 is 5.97 Å². The number of piperidine rings is 1. The molecule has 0 radical (unpaired) electrons. The molecule has 3 rings (SSSR count). The first-order valence-electron chi connectivity index (χ1n) is 7.99. The van der Waals surface area contributed by atoms with E-state index < -0.39 is 12.1 Å². The van der Waals surface area contributed by atoms with E-state index in [4.69, 9.17) is 4.74 Å². The summed E-state index contributed by atoms with van der Waals surface area (Å²) >= 11 is 0. The predicted octanol–water partition coefficient (Wildman–Crippen LogP) is 1.37. The first-order chi connectivity index (χ1) is 10.7. The largest absolute Gasteiger partial charge is 0.448 e. The van der Waals surface area contributed by atoms with Gasteiger partial charge in [-0.25, -0.2) is 4.79 Å². The average molecular weight is 302 g/mol. The van der Waals surface area contributed by atoms with Crippen LogP contribution < -0.4 is 5.32 Å². The maximum absolute atomic E-state index is 12.4. The molecule has 0 bridgehead atoms. The van der Waals surface area contributed by atoms with Crippen LogP contribution in [-0.4, -0.2) is 48.6 Å². The van der Waals surface area contributed by atoms with Crippen LogP contribution in [0.4, 0.5) is 0 Å². The van der Waals surface area contributed by atoms with Crippen molar-refractivity contribution in [2.24, 2.45) is 0 Å². The summed E-state index contributed by atoms with van der Waals surface area (Å²) in [6.07, 6.45) is 1.67. The Balaban J connectivity index is 1.59. The van der Waals surface area contributed by atoms with Crippen molar-refractivity contribution in [3.8, 4) is 0 Å². The number of carbonyl (C=O) groups is 2. The zero-order valence-electron chi connectivity index (χ0n) is 12.9. The Kier molecular flexibility index (Phi) is 4.43. The van der Waals surface area contributed by atoms with Crippen molar-refractivity contribution in [1.29, 1.82) is 0 Å². The fourth-order valence-corrected chi connectivity index (χ4v) is 3.17. The van der Waals surface area contributed by atoms with Crippen molar-refractivity contribution >= 4 is 11.9 Å². The number of esters is 1. The van der Waals surface area contributed by atoms with Crippen molar-refractivity contribution in [2.75, 3.05) is 19.6 Å². The van der Waals surface area contributed by atoms with Crippen LogP contribution in [-0.2, 0) is 16.0 Å². The molecule has 2 heterocycles. The molecule has 5 heteroatoms. The Bertz CT molecular complexity index is 565. The van der Waals surface area contributed by atoms with E-state index in [0.29, 0.717) is 12.0 Å². The molecule has 1 amide bonds. The minimum Gasteiger partial charge on any atom is -0.448 e. The monoisotopic (exact) mass is 302 g/mol. The first kappa shape index (κ1) is 15.0. The molecule has 1 aromatic carbocycles. The maximum atomic E-state index is 12.4. The van der Waals surface area contributed by atoms with E-state index in [1.54, 1.807) is 6.07 Å². The van der Waals surface area contributed by atoms with E-state index in [2.05, 4.69) is 17.1 Å². The molecule has 1 saturated heterocycles. The third kappa shape index (κ3) is 3.14. The smallest absolute Gasteiger partial charge is 0.339 e. The van der Waals surface area contributed by atoms with Crippen LogP contribution >= 0.6 is 0 Å². The lowest BCUT2D eigenvalue weighted by atomic mass is 9.97. The molecule has 22 heavy (non-hydrogen) atoms. The van der Waals surface area contributed by atoms with Gasteiger partial charge in [0.25, 0.3) is 5.91 Å². The van der Waals surface area contributed by atoms with Gasteiger partial charge in [0.05, 0.1) is 5.56 Å². The molecule has 2 aliphatic rings. The minimum absolute atomic E-state index is 0.169. The molecule has 118 valence electrons. The summed E-state index contributed by atoms with van der Waals surface area (Å²) in [6.45, 7) is 5.22. The van der Waals surface area contributed by atoms with Crippen LogP contribution in [0.15, 0.2) is 24.3 Å². The predicted molar refractivity (Wildman–Crippen MR) is 82.6 cm³/mol. The molecule has 1 aromatic rings. The molecule has 0 saturated carbocycles. The molecular weight excluding hydrogens is 280 g/mol. The fourth-order valence-electron chi connectivity index (χ4n) is 3.17. The number of likely N-dealkylation sites (tertiary alicyclic amines) is 1. The second kappa shape index (κ2) is 6.48. The lowest BCUT2D eigenvalue weighted by molar-refractivity contribution is -0.131. The van der Waals surface area contributed by atoms with E-state index >= 15 is 0 Å². The summed E-state index contributed by atoms with van der Waals surface area (Å²) in [4.78, 5) is 26.7. The summed E-state index contributed by atoms with van der Waals surface area (Å²) in [5.74, 6) is -0.569. The summed E-state index contributed by atoms with van der Waals surface area (Å²) in [6, 6.07) is 7.50. The van der Waals surface area contributed by atoms with Crippen molar-refractivity contribution in [1.82, 2.24) is 10.2 Å². The quantitative estimate of drug-likeness (QED) is 0.857. The van der Waals surface area contributed by atoms with E-state index in [0.717, 1.165) is 38.0 Å². The highest BCUT2D eigenvalue weighted by molar-refractivity contribution is 5.95. The Morgan fingerprint density at radius 2 is 2.05 bits per heavy atom. The summed E-state index contributed by atoms with van der Waals surface area (Å²) in [7, 11) is 0. The third-order valence-corrected chi connectivity index (χ3v) is 4.57. The number of nitrogens with zero attached hydrogens (tertiary/aromatic N) is 1. The number of benzene rings is 1. The van der Waals surface area contributed by atoms with Crippen molar-refractivity contribution in [2.45, 2.75) is 38.3 Å². The second-order valence-corrected chi connectivity index (χ2v) is 5.97. The number of fused-ring (bicyclic) bond motifs is 1. The van der Waals surface area contributed by atoms with Crippen molar-refractivity contribution in [3.63, 3.8) is 0 Å². The highest BCUT2D eigenvalue weighted by atomic mass is 16.5. The van der Waals surface area contributed by atoms with Gasteiger partial charge in [0.1, 0.15) is 0 Å². The van der Waals surface area contributed by atoms with E-state index in [1.807, 2.05) is 18.2 Å². The molecule has 0 spiro atoms. The van der Waals surface area contributed by atoms with Crippen LogP contribution in [0.2, 0.25) is 0 Å². The number of ether oxygens (including phenoxy) is 1. The van der Waals surface area contributed by atoms with E-state index in [9.17, 15) is 9.59 Å². The number of carbonyl (C=O) groups excluding carboxylic acids is 2. The van der Waals surface area contributed by atoms with E-state index in [1.165, 1.54) is 0 Å². The number of hydrogen-bond acceptors (Lipinski definition) is 4. The van der Waals surface area contributed by atoms with Gasteiger partial charge < -0.3 is 15.0 Å². The van der Waals surface area contributed by atoms with Gasteiger partial charge in [-0.3, -0.25) is 4.79 Å². The Morgan fingerprint density at radius 1 is 1.32 bits per heavy atom. The summed E-state index contributed by atoms with van der Waals surface area (Å²) in [5, 5.41) is 3.04. The number of cyclic esters (lactones) is 1. The standard InChI is InChI=1S/C17H22N2O3/c1-2-19-9-7-13(8-10-19)18-16(20)15-11-12-5-3-4-6-14(12)17(21)22-15/h3-6,13,15H,2,7-11H2,1H3,(H,18,20). The number of hydrogen-bond donors (Lipinski definition) is 1. The molecule has 1 atom stereocenters. The molecule has 0 aromatic heterocycles. The molecule has 1 fully saturated rings. The lowest BCUT2D eigenvalue weighted by Crippen LogP contribution is -2.49. The number of amides is 1. The van der Waals surface area contributed by atoms with Gasteiger partial charge in [-0.2, -0.15) is 0 Å². The zero-order valence-corrected chi connectivity index (χ0v) is 12.9. The zero-order chi connectivity index (χ0) is 15.5. The highest BCUT2D eigenvalue weighted by Crippen LogP contribution is 2.21. The van der Waals surface area contributed by atoms with Gasteiger partial charge in [-0.1, -0.05) is 25.1 Å². The second-order valence-electron chi connectivity index (χ2n) is 5.97. The van der Waals surface area contributed by atoms with Crippen LogP contribution in [0.1, 0.15) is 35.7 Å². The van der Waals surface area contributed by atoms with Crippen LogP contribution in [0.25, 0.3) is 0 Å². The highest BCUT2D eigenvalue weighted by Gasteiger charge is 2.32. The molecule has 1 unspecified atom stereocenters. The number of nitrogens with one attached hydrogen (secondary N) is 1. The Morgan fingerprint density at radius 3 is 2.77 bits per heavy atom. The maximum Gasteiger partial charge on any atom is 0.339 e. The fraction of sp³-hybridized carbons (Fsp3) is 0.529. The van der Waals surface area contributed by atoms with Crippen molar-refractivity contribution in [3.05, 3.63) is 35.4 Å². The Hall–Kier alpha value is -1.88. The van der Waals surface area contributed by atoms with Crippen LogP contribution in [0.5, 0.6) is 0 Å². The third-order valence-electron chi connectivity index (χ3n) is 4.57. The minimum atomic E-state index is -0.702. The topological polar surface area (TPSA) is 58.6 Å². The van der Waals surface area contributed by atoms with Gasteiger partial charge in [0.15, 0.2) is 6.10 Å². The van der Waals surface area contributed by atoms with Gasteiger partial charge in [0.2, 0.25) is 0 Å². The van der Waals surface area contributed by atoms with Crippen LogP contribution in [0, 0.1) is 0 Å². The molecule has 1 N–H and O–H groups in total. The molecule has 2 aliphatic heterocycles. The van der Waals surface area contributed by atoms with Gasteiger partial charge in [-0.15, -0.1) is 0 Å².